The van der Waals surface area contributed by atoms with Crippen molar-refractivity contribution in [2.75, 3.05) is 6.54 Å². The normalized spacial score (nSPS) is 25.6. The molecule has 2 saturated heterocycles. The van der Waals surface area contributed by atoms with Crippen LogP contribution in [0.15, 0.2) is 24.3 Å². The molecule has 24 heavy (non-hydrogen) atoms. The molecular formula is C16H21ClN4O3. The lowest BCUT2D eigenvalue weighted by molar-refractivity contribution is -0.124. The molecule has 0 aromatic heterocycles. The predicted molar refractivity (Wildman–Crippen MR) is 90.6 cm³/mol. The first-order chi connectivity index (χ1) is 11.0. The van der Waals surface area contributed by atoms with Crippen LogP contribution in [0.5, 0.6) is 0 Å². The predicted octanol–water partition coefficient (Wildman–Crippen LogP) is 0.531. The van der Waals surface area contributed by atoms with Gasteiger partial charge in [0.05, 0.1) is 6.04 Å². The Bertz CT molecular complexity index is 643. The van der Waals surface area contributed by atoms with Crippen molar-refractivity contribution in [3.63, 3.8) is 0 Å². The van der Waals surface area contributed by atoms with Gasteiger partial charge in [-0.1, -0.05) is 24.3 Å². The fourth-order valence-electron chi connectivity index (χ4n) is 2.92. The maximum atomic E-state index is 12.0. The van der Waals surface area contributed by atoms with E-state index in [0.717, 1.165) is 24.9 Å². The summed E-state index contributed by atoms with van der Waals surface area (Å²) in [5, 5.41) is 10.9. The van der Waals surface area contributed by atoms with Crippen LogP contribution in [0.1, 0.15) is 30.9 Å². The molecule has 0 saturated carbocycles. The van der Waals surface area contributed by atoms with Gasteiger partial charge >= 0.3 is 6.03 Å². The molecule has 2 aliphatic rings. The number of hydrogen-bond donors (Lipinski definition) is 4. The Hall–Kier alpha value is -2.12. The van der Waals surface area contributed by atoms with E-state index in [1.807, 2.05) is 12.1 Å². The zero-order chi connectivity index (χ0) is 16.4. The van der Waals surface area contributed by atoms with Crippen LogP contribution in [0.4, 0.5) is 4.79 Å². The van der Waals surface area contributed by atoms with Crippen molar-refractivity contribution in [1.82, 2.24) is 21.3 Å². The van der Waals surface area contributed by atoms with Gasteiger partial charge in [-0.3, -0.25) is 14.9 Å². The lowest BCUT2D eigenvalue weighted by Gasteiger charge is -2.21. The van der Waals surface area contributed by atoms with Crippen LogP contribution in [0.3, 0.4) is 0 Å². The highest BCUT2D eigenvalue weighted by atomic mass is 35.5. The number of carbonyl (C=O) groups excluding carboxylic acids is 3. The molecular weight excluding hydrogens is 332 g/mol. The molecule has 2 aliphatic heterocycles. The Labute approximate surface area is 146 Å². The highest BCUT2D eigenvalue weighted by Crippen LogP contribution is 2.24. The van der Waals surface area contributed by atoms with Gasteiger partial charge in [-0.25, -0.2) is 4.79 Å². The summed E-state index contributed by atoms with van der Waals surface area (Å²) < 4.78 is 0. The van der Waals surface area contributed by atoms with Crippen LogP contribution in [0.25, 0.3) is 0 Å². The van der Waals surface area contributed by atoms with Crippen molar-refractivity contribution in [2.45, 2.75) is 37.9 Å². The first kappa shape index (κ1) is 18.2. The van der Waals surface area contributed by atoms with Gasteiger partial charge in [0.25, 0.3) is 5.91 Å². The number of urea groups is 1. The number of amides is 4. The standard InChI is InChI=1S/C16H20N4O3.ClH/c1-16(14(22)19-15(23)20-16)11-6-4-10(5-7-11)9-18-13(21)12-3-2-8-17-12;/h4-7,12,17H,2-3,8-9H2,1H3,(H,18,21)(H2,19,20,22,23);1H. The number of benzene rings is 1. The second-order valence-electron chi connectivity index (χ2n) is 6.10. The van der Waals surface area contributed by atoms with E-state index in [9.17, 15) is 14.4 Å². The lowest BCUT2D eigenvalue weighted by atomic mass is 9.91. The van der Waals surface area contributed by atoms with Crippen molar-refractivity contribution in [2.24, 2.45) is 0 Å². The largest absolute Gasteiger partial charge is 0.351 e. The van der Waals surface area contributed by atoms with Gasteiger partial charge < -0.3 is 16.0 Å². The Morgan fingerprint density at radius 1 is 1.29 bits per heavy atom. The molecule has 1 aromatic rings. The summed E-state index contributed by atoms with van der Waals surface area (Å²) in [6, 6.07) is 6.70. The molecule has 4 N–H and O–H groups in total. The Balaban J connectivity index is 0.00000208. The number of carbonyl (C=O) groups is 3. The average Bonchev–Trinajstić information content (AvgIpc) is 3.15. The maximum Gasteiger partial charge on any atom is 0.322 e. The second kappa shape index (κ2) is 7.19. The average molecular weight is 353 g/mol. The second-order valence-corrected chi connectivity index (χ2v) is 6.10. The van der Waals surface area contributed by atoms with E-state index in [-0.39, 0.29) is 30.3 Å². The van der Waals surface area contributed by atoms with Gasteiger partial charge in [-0.05, 0) is 37.4 Å². The molecule has 0 bridgehead atoms. The molecule has 2 unspecified atom stereocenters. The lowest BCUT2D eigenvalue weighted by Crippen LogP contribution is -2.40. The molecule has 0 aliphatic carbocycles. The molecule has 8 heteroatoms. The van der Waals surface area contributed by atoms with Crippen molar-refractivity contribution in [3.05, 3.63) is 35.4 Å². The summed E-state index contributed by atoms with van der Waals surface area (Å²) >= 11 is 0. The van der Waals surface area contributed by atoms with Crippen molar-refractivity contribution in [1.29, 1.82) is 0 Å². The number of halogens is 1. The Kier molecular flexibility index (Phi) is 5.46. The molecule has 3 rings (SSSR count). The third kappa shape index (κ3) is 3.52. The number of imide groups is 1. The summed E-state index contributed by atoms with van der Waals surface area (Å²) in [5.41, 5.74) is 0.592. The van der Waals surface area contributed by atoms with Crippen molar-refractivity contribution < 1.29 is 14.4 Å². The molecule has 0 radical (unpaired) electrons. The summed E-state index contributed by atoms with van der Waals surface area (Å²) in [4.78, 5) is 35.2. The molecule has 2 atom stereocenters. The molecule has 0 spiro atoms. The van der Waals surface area contributed by atoms with Gasteiger partial charge in [0, 0.05) is 6.54 Å². The summed E-state index contributed by atoms with van der Waals surface area (Å²) in [5.74, 6) is -0.350. The minimum absolute atomic E-state index is 0. The SMILES string of the molecule is CC1(c2ccc(CNC(=O)C3CCCN3)cc2)NC(=O)NC1=O.Cl. The Morgan fingerprint density at radius 2 is 2.00 bits per heavy atom. The van der Waals surface area contributed by atoms with Crippen LogP contribution in [-0.4, -0.2) is 30.4 Å². The van der Waals surface area contributed by atoms with Crippen LogP contribution in [0.2, 0.25) is 0 Å². The van der Waals surface area contributed by atoms with Crippen LogP contribution in [-0.2, 0) is 21.7 Å². The zero-order valence-electron chi connectivity index (χ0n) is 13.3. The highest BCUT2D eigenvalue weighted by Gasteiger charge is 2.43. The minimum Gasteiger partial charge on any atom is -0.351 e. The van der Waals surface area contributed by atoms with Gasteiger partial charge in [0.15, 0.2) is 0 Å². The summed E-state index contributed by atoms with van der Waals surface area (Å²) in [6.07, 6.45) is 1.90. The maximum absolute atomic E-state index is 12.0. The molecule has 2 fully saturated rings. The summed E-state index contributed by atoms with van der Waals surface area (Å²) in [6.45, 7) is 2.99. The third-order valence-electron chi connectivity index (χ3n) is 4.42. The number of hydrogen-bond acceptors (Lipinski definition) is 4. The van der Waals surface area contributed by atoms with E-state index in [2.05, 4.69) is 21.3 Å². The van der Waals surface area contributed by atoms with Gasteiger partial charge in [-0.15, -0.1) is 12.4 Å². The van der Waals surface area contributed by atoms with Crippen LogP contribution in [0, 0.1) is 0 Å². The van der Waals surface area contributed by atoms with E-state index in [1.165, 1.54) is 0 Å². The van der Waals surface area contributed by atoms with E-state index >= 15 is 0 Å². The number of rotatable bonds is 4. The molecule has 1 aromatic carbocycles. The topological polar surface area (TPSA) is 99.3 Å². The van der Waals surface area contributed by atoms with Crippen molar-refractivity contribution in [3.8, 4) is 0 Å². The van der Waals surface area contributed by atoms with Gasteiger partial charge in [-0.2, -0.15) is 0 Å². The van der Waals surface area contributed by atoms with E-state index in [0.29, 0.717) is 12.1 Å². The highest BCUT2D eigenvalue weighted by molar-refractivity contribution is 6.07. The quantitative estimate of drug-likeness (QED) is 0.594. The van der Waals surface area contributed by atoms with Crippen molar-refractivity contribution >= 4 is 30.3 Å². The zero-order valence-corrected chi connectivity index (χ0v) is 14.2. The van der Waals surface area contributed by atoms with Crippen LogP contribution >= 0.6 is 12.4 Å². The van der Waals surface area contributed by atoms with E-state index in [1.54, 1.807) is 19.1 Å². The first-order valence-electron chi connectivity index (χ1n) is 7.73. The smallest absolute Gasteiger partial charge is 0.322 e. The van der Waals surface area contributed by atoms with Gasteiger partial charge in [0.2, 0.25) is 5.91 Å². The van der Waals surface area contributed by atoms with E-state index in [4.69, 9.17) is 0 Å². The van der Waals surface area contributed by atoms with Crippen LogP contribution < -0.4 is 21.3 Å². The van der Waals surface area contributed by atoms with E-state index < -0.39 is 11.6 Å². The van der Waals surface area contributed by atoms with Gasteiger partial charge in [0.1, 0.15) is 5.54 Å². The summed E-state index contributed by atoms with van der Waals surface area (Å²) in [7, 11) is 0. The first-order valence-corrected chi connectivity index (χ1v) is 7.73. The Morgan fingerprint density at radius 3 is 2.54 bits per heavy atom. The fraction of sp³-hybridized carbons (Fsp3) is 0.438. The molecule has 130 valence electrons. The molecule has 2 heterocycles. The monoisotopic (exact) mass is 352 g/mol. The molecule has 4 amide bonds. The minimum atomic E-state index is -1.05. The molecule has 7 nitrogen and oxygen atoms in total. The fourth-order valence-corrected chi connectivity index (χ4v) is 2.92. The third-order valence-corrected chi connectivity index (χ3v) is 4.42. The number of nitrogens with one attached hydrogen (secondary N) is 4.